The van der Waals surface area contributed by atoms with Gasteiger partial charge in [-0.3, -0.25) is 0 Å². The van der Waals surface area contributed by atoms with Gasteiger partial charge in [-0.1, -0.05) is 64.5 Å². The van der Waals surface area contributed by atoms with Gasteiger partial charge in [0.25, 0.3) is 0 Å². The van der Waals surface area contributed by atoms with Crippen LogP contribution in [0.1, 0.15) is 87.5 Å². The van der Waals surface area contributed by atoms with Crippen LogP contribution in [0.25, 0.3) is 0 Å². The van der Waals surface area contributed by atoms with Gasteiger partial charge in [-0.25, -0.2) is 4.79 Å². The van der Waals surface area contributed by atoms with Crippen molar-refractivity contribution in [2.24, 2.45) is 0 Å². The monoisotopic (exact) mass is 690 g/mol. The molecule has 0 radical (unpaired) electrons. The summed E-state index contributed by atoms with van der Waals surface area (Å²) in [5, 5.41) is 0. The molecule has 0 unspecified atom stereocenters. The minimum Gasteiger partial charge on any atom is -0.434 e. The van der Waals surface area contributed by atoms with E-state index in [-0.39, 0.29) is 0 Å². The van der Waals surface area contributed by atoms with Crippen molar-refractivity contribution >= 4 is 51.3 Å². The molecule has 5 heteroatoms. The summed E-state index contributed by atoms with van der Waals surface area (Å²) in [7, 11) is 0. The molecule has 0 amide bonds. The molecule has 3 nitrogen and oxygen atoms in total. The van der Waals surface area contributed by atoms with Crippen molar-refractivity contribution in [2.75, 3.05) is 13.2 Å². The van der Waals surface area contributed by atoms with Gasteiger partial charge in [-0.15, -0.1) is 0 Å². The first-order chi connectivity index (χ1) is 16.5. The first kappa shape index (κ1) is 29.4. The van der Waals surface area contributed by atoms with Crippen molar-refractivity contribution in [3.05, 3.63) is 65.8 Å². The van der Waals surface area contributed by atoms with E-state index in [4.69, 9.17) is 9.47 Å². The van der Waals surface area contributed by atoms with Gasteiger partial charge in [0.1, 0.15) is 0 Å². The van der Waals surface area contributed by atoms with Crippen LogP contribution in [0, 0.1) is 7.14 Å². The second-order valence-corrected chi connectivity index (χ2v) is 11.4. The number of ether oxygens (including phenoxy) is 2. The second-order valence-electron chi connectivity index (χ2n) is 8.89. The average molecular weight is 690 g/mol. The van der Waals surface area contributed by atoms with E-state index in [9.17, 15) is 4.79 Å². The number of halogens is 2. The van der Waals surface area contributed by atoms with Gasteiger partial charge in [0.2, 0.25) is 0 Å². The van der Waals surface area contributed by atoms with Crippen molar-refractivity contribution in [1.29, 1.82) is 0 Å². The minimum atomic E-state index is -0.565. The molecule has 0 N–H and O–H groups in total. The Morgan fingerprint density at radius 1 is 0.618 bits per heavy atom. The maximum Gasteiger partial charge on any atom is 0.508 e. The number of hydrogen-bond acceptors (Lipinski definition) is 3. The maximum atomic E-state index is 12.1. The average Bonchev–Trinajstić information content (AvgIpc) is 2.82. The van der Waals surface area contributed by atoms with Crippen LogP contribution < -0.4 is 0 Å². The van der Waals surface area contributed by atoms with Crippen molar-refractivity contribution in [2.45, 2.75) is 90.9 Å². The fourth-order valence-corrected chi connectivity index (χ4v) is 5.27. The van der Waals surface area contributed by atoms with Gasteiger partial charge < -0.3 is 9.47 Å². The van der Waals surface area contributed by atoms with E-state index in [1.54, 1.807) is 0 Å². The largest absolute Gasteiger partial charge is 0.508 e. The zero-order chi connectivity index (χ0) is 24.6. The lowest BCUT2D eigenvalue weighted by molar-refractivity contribution is 0.0568. The van der Waals surface area contributed by atoms with Crippen LogP contribution in [0.4, 0.5) is 4.79 Å². The SMILES string of the molecule is CCCCCCc1cc(I)ccc1CCOC(=O)OCCc1ccc(I)cc1CCCCCC. The molecule has 0 saturated heterocycles. The predicted octanol–water partition coefficient (Wildman–Crippen LogP) is 9.08. The number of aryl methyl sites for hydroxylation is 2. The Morgan fingerprint density at radius 2 is 1.06 bits per heavy atom. The summed E-state index contributed by atoms with van der Waals surface area (Å²) < 4.78 is 13.3. The fourth-order valence-electron chi connectivity index (χ4n) is 4.16. The molecule has 34 heavy (non-hydrogen) atoms. The van der Waals surface area contributed by atoms with E-state index >= 15 is 0 Å². The van der Waals surface area contributed by atoms with Gasteiger partial charge in [-0.05, 0) is 117 Å². The number of rotatable bonds is 16. The molecule has 188 valence electrons. The Balaban J connectivity index is 1.75. The van der Waals surface area contributed by atoms with E-state index in [0.29, 0.717) is 13.2 Å². The number of hydrogen-bond donors (Lipinski definition) is 0. The highest BCUT2D eigenvalue weighted by Crippen LogP contribution is 2.19. The lowest BCUT2D eigenvalue weighted by Crippen LogP contribution is -2.13. The Bertz CT molecular complexity index is 797. The summed E-state index contributed by atoms with van der Waals surface area (Å²) in [5.74, 6) is 0. The quantitative estimate of drug-likeness (QED) is 0.100. The van der Waals surface area contributed by atoms with Crippen LogP contribution in [0.3, 0.4) is 0 Å². The molecule has 2 rings (SSSR count). The highest BCUT2D eigenvalue weighted by Gasteiger charge is 2.09. The molecule has 2 aromatic rings. The third kappa shape index (κ3) is 11.7. The van der Waals surface area contributed by atoms with Crippen molar-refractivity contribution < 1.29 is 14.3 Å². The summed E-state index contributed by atoms with van der Waals surface area (Å²) in [6, 6.07) is 13.1. The van der Waals surface area contributed by atoms with E-state index in [0.717, 1.165) is 25.7 Å². The van der Waals surface area contributed by atoms with E-state index in [1.165, 1.54) is 80.8 Å². The number of carbonyl (C=O) groups excluding carboxylic acids is 1. The van der Waals surface area contributed by atoms with Gasteiger partial charge in [0.15, 0.2) is 0 Å². The fraction of sp³-hybridized carbons (Fsp3) is 0.552. The number of benzene rings is 2. The Hall–Kier alpha value is -0.830. The minimum absolute atomic E-state index is 0.355. The van der Waals surface area contributed by atoms with Gasteiger partial charge in [0.05, 0.1) is 13.2 Å². The molecule has 0 atom stereocenters. The maximum absolute atomic E-state index is 12.1. The molecule has 0 aromatic heterocycles. The normalized spacial score (nSPS) is 10.9. The van der Waals surface area contributed by atoms with Crippen LogP contribution in [0.2, 0.25) is 0 Å². The van der Waals surface area contributed by atoms with Crippen LogP contribution in [-0.4, -0.2) is 19.4 Å². The Morgan fingerprint density at radius 3 is 1.47 bits per heavy atom. The predicted molar refractivity (Wildman–Crippen MR) is 159 cm³/mol. The van der Waals surface area contributed by atoms with Crippen LogP contribution in [0.5, 0.6) is 0 Å². The molecule has 0 spiro atoms. The molecule has 0 fully saturated rings. The van der Waals surface area contributed by atoms with Crippen LogP contribution >= 0.6 is 45.2 Å². The van der Waals surface area contributed by atoms with Gasteiger partial charge in [-0.2, -0.15) is 0 Å². The van der Waals surface area contributed by atoms with E-state index < -0.39 is 6.16 Å². The topological polar surface area (TPSA) is 35.5 Å². The van der Waals surface area contributed by atoms with Crippen molar-refractivity contribution in [3.63, 3.8) is 0 Å². The summed E-state index contributed by atoms with van der Waals surface area (Å²) in [6.07, 6.45) is 13.1. The molecule has 2 aromatic carbocycles. The smallest absolute Gasteiger partial charge is 0.434 e. The summed E-state index contributed by atoms with van der Waals surface area (Å²) >= 11 is 4.74. The zero-order valence-corrected chi connectivity index (χ0v) is 25.2. The summed E-state index contributed by atoms with van der Waals surface area (Å²) in [6.45, 7) is 5.18. The van der Waals surface area contributed by atoms with E-state index in [1.807, 2.05) is 0 Å². The number of carbonyl (C=O) groups is 1. The molecule has 0 heterocycles. The molecule has 0 bridgehead atoms. The molecule has 0 aliphatic rings. The lowest BCUT2D eigenvalue weighted by Gasteiger charge is -2.12. The second kappa shape index (κ2) is 17.6. The summed E-state index contributed by atoms with van der Waals surface area (Å²) in [5.41, 5.74) is 5.31. The van der Waals surface area contributed by atoms with Crippen molar-refractivity contribution in [1.82, 2.24) is 0 Å². The third-order valence-electron chi connectivity index (χ3n) is 6.12. The Labute approximate surface area is 234 Å². The molecule has 0 saturated carbocycles. The zero-order valence-electron chi connectivity index (χ0n) is 20.8. The molecular formula is C29H40I2O3. The van der Waals surface area contributed by atoms with E-state index in [2.05, 4.69) is 95.4 Å². The first-order valence-electron chi connectivity index (χ1n) is 12.9. The van der Waals surface area contributed by atoms with Gasteiger partial charge >= 0.3 is 6.16 Å². The first-order valence-corrected chi connectivity index (χ1v) is 15.0. The highest BCUT2D eigenvalue weighted by molar-refractivity contribution is 14.1. The Kier molecular flexibility index (Phi) is 15.2. The standard InChI is InChI=1S/C29H40I2O3/c1-3-5-7-9-11-25-21-27(30)15-13-23(25)17-19-33-29(32)34-20-18-24-14-16-28(31)22-26(24)12-10-8-6-4-2/h13-16,21-22H,3-12,17-20H2,1-2H3. The number of unbranched alkanes of at least 4 members (excludes halogenated alkanes) is 6. The summed E-state index contributed by atoms with van der Waals surface area (Å²) in [4.78, 5) is 12.1. The van der Waals surface area contributed by atoms with Crippen LogP contribution in [-0.2, 0) is 35.2 Å². The van der Waals surface area contributed by atoms with Crippen molar-refractivity contribution in [3.8, 4) is 0 Å². The van der Waals surface area contributed by atoms with Gasteiger partial charge in [0, 0.05) is 20.0 Å². The van der Waals surface area contributed by atoms with Crippen LogP contribution in [0.15, 0.2) is 36.4 Å². The molecule has 0 aliphatic heterocycles. The lowest BCUT2D eigenvalue weighted by atomic mass is 9.99. The highest BCUT2D eigenvalue weighted by atomic mass is 127. The molecule has 0 aliphatic carbocycles. The molecular weight excluding hydrogens is 650 g/mol. The third-order valence-corrected chi connectivity index (χ3v) is 7.46.